The summed E-state index contributed by atoms with van der Waals surface area (Å²) in [7, 11) is 1.56. The van der Waals surface area contributed by atoms with Crippen LogP contribution in [0.3, 0.4) is 0 Å². The molecule has 1 rings (SSSR count). The molecule has 1 aliphatic rings. The summed E-state index contributed by atoms with van der Waals surface area (Å²) in [6, 6.07) is 0.245. The van der Waals surface area contributed by atoms with Crippen LogP contribution in [-0.4, -0.2) is 37.7 Å². The van der Waals surface area contributed by atoms with Gasteiger partial charge in [-0.2, -0.15) is 0 Å². The van der Waals surface area contributed by atoms with E-state index < -0.39 is 5.60 Å². The fourth-order valence-corrected chi connectivity index (χ4v) is 1.59. The molecule has 0 aliphatic carbocycles. The Hall–Kier alpha value is -0.610. The standard InChI is InChI=1S/C11H22N2O2/c1-11(2,15-3)10(14)13-9-6-4-5-7-12-8-9/h9,12H,4-8H2,1-3H3,(H,13,14). The second-order valence-electron chi connectivity index (χ2n) is 4.58. The third-order valence-corrected chi connectivity index (χ3v) is 2.94. The number of hydrogen-bond donors (Lipinski definition) is 2. The molecule has 1 heterocycles. The molecule has 0 bridgehead atoms. The molecular formula is C11H22N2O2. The molecule has 0 aromatic carbocycles. The van der Waals surface area contributed by atoms with E-state index in [0.29, 0.717) is 0 Å². The minimum absolute atomic E-state index is 0.0290. The van der Waals surface area contributed by atoms with Gasteiger partial charge in [0.15, 0.2) is 0 Å². The first kappa shape index (κ1) is 12.5. The van der Waals surface area contributed by atoms with Gasteiger partial charge < -0.3 is 15.4 Å². The van der Waals surface area contributed by atoms with E-state index in [2.05, 4.69) is 10.6 Å². The fourth-order valence-electron chi connectivity index (χ4n) is 1.59. The highest BCUT2D eigenvalue weighted by Crippen LogP contribution is 2.10. The Kier molecular flexibility index (Phi) is 4.54. The molecule has 1 fully saturated rings. The Balaban J connectivity index is 2.42. The number of carbonyl (C=O) groups is 1. The van der Waals surface area contributed by atoms with Crippen molar-refractivity contribution in [3.05, 3.63) is 0 Å². The van der Waals surface area contributed by atoms with Crippen molar-refractivity contribution < 1.29 is 9.53 Å². The number of rotatable bonds is 3. The molecule has 0 saturated carbocycles. The molecule has 88 valence electrons. The maximum Gasteiger partial charge on any atom is 0.251 e. The van der Waals surface area contributed by atoms with Crippen molar-refractivity contribution in [1.82, 2.24) is 10.6 Å². The summed E-state index contributed by atoms with van der Waals surface area (Å²) in [5.74, 6) is -0.0290. The van der Waals surface area contributed by atoms with E-state index >= 15 is 0 Å². The Morgan fingerprint density at radius 2 is 2.20 bits per heavy atom. The monoisotopic (exact) mass is 214 g/mol. The van der Waals surface area contributed by atoms with Crippen molar-refractivity contribution in [2.75, 3.05) is 20.2 Å². The first-order chi connectivity index (χ1) is 7.06. The Bertz CT molecular complexity index is 209. The highest BCUT2D eigenvalue weighted by atomic mass is 16.5. The molecule has 1 aliphatic heterocycles. The average Bonchev–Trinajstić information content (AvgIpc) is 2.46. The topological polar surface area (TPSA) is 50.4 Å². The van der Waals surface area contributed by atoms with Crippen molar-refractivity contribution >= 4 is 5.91 Å². The lowest BCUT2D eigenvalue weighted by Crippen LogP contribution is -2.50. The third kappa shape index (κ3) is 3.80. The summed E-state index contributed by atoms with van der Waals surface area (Å²) < 4.78 is 5.14. The lowest BCUT2D eigenvalue weighted by Gasteiger charge is -2.25. The van der Waals surface area contributed by atoms with Gasteiger partial charge in [-0.1, -0.05) is 6.42 Å². The molecule has 4 heteroatoms. The van der Waals surface area contributed by atoms with E-state index in [1.165, 1.54) is 12.8 Å². The van der Waals surface area contributed by atoms with E-state index in [-0.39, 0.29) is 11.9 Å². The molecule has 0 aromatic rings. The molecular weight excluding hydrogens is 192 g/mol. The molecule has 0 radical (unpaired) electrons. The lowest BCUT2D eigenvalue weighted by molar-refractivity contribution is -0.140. The molecule has 1 saturated heterocycles. The van der Waals surface area contributed by atoms with Gasteiger partial charge in [-0.3, -0.25) is 4.79 Å². The van der Waals surface area contributed by atoms with Crippen molar-refractivity contribution in [1.29, 1.82) is 0 Å². The highest BCUT2D eigenvalue weighted by Gasteiger charge is 2.28. The van der Waals surface area contributed by atoms with Crippen molar-refractivity contribution in [3.8, 4) is 0 Å². The molecule has 1 amide bonds. The molecule has 0 aromatic heterocycles. The maximum atomic E-state index is 11.8. The van der Waals surface area contributed by atoms with Crippen LogP contribution in [0.15, 0.2) is 0 Å². The van der Waals surface area contributed by atoms with Gasteiger partial charge in [0.2, 0.25) is 0 Å². The largest absolute Gasteiger partial charge is 0.369 e. The van der Waals surface area contributed by atoms with E-state index in [0.717, 1.165) is 19.5 Å². The predicted octanol–water partition coefficient (Wildman–Crippen LogP) is 0.670. The number of ether oxygens (including phenoxy) is 1. The van der Waals surface area contributed by atoms with Crippen LogP contribution in [0.5, 0.6) is 0 Å². The van der Waals surface area contributed by atoms with Crippen LogP contribution < -0.4 is 10.6 Å². The predicted molar refractivity (Wildman–Crippen MR) is 59.7 cm³/mol. The summed E-state index contributed by atoms with van der Waals surface area (Å²) >= 11 is 0. The number of carbonyl (C=O) groups excluding carboxylic acids is 1. The van der Waals surface area contributed by atoms with Gasteiger partial charge in [0.1, 0.15) is 5.60 Å². The van der Waals surface area contributed by atoms with Gasteiger partial charge in [-0.05, 0) is 33.2 Å². The molecule has 15 heavy (non-hydrogen) atoms. The van der Waals surface area contributed by atoms with E-state index in [9.17, 15) is 4.79 Å². The van der Waals surface area contributed by atoms with Gasteiger partial charge in [-0.25, -0.2) is 0 Å². The Morgan fingerprint density at radius 3 is 2.87 bits per heavy atom. The van der Waals surface area contributed by atoms with Crippen LogP contribution >= 0.6 is 0 Å². The zero-order valence-corrected chi connectivity index (χ0v) is 9.93. The summed E-state index contributed by atoms with van der Waals surface area (Å²) in [5.41, 5.74) is -0.730. The zero-order chi connectivity index (χ0) is 11.3. The van der Waals surface area contributed by atoms with E-state index in [4.69, 9.17) is 4.74 Å². The average molecular weight is 214 g/mol. The summed E-state index contributed by atoms with van der Waals surface area (Å²) in [6.45, 7) is 5.49. The van der Waals surface area contributed by atoms with Gasteiger partial charge in [0.25, 0.3) is 5.91 Å². The number of hydrogen-bond acceptors (Lipinski definition) is 3. The molecule has 0 spiro atoms. The number of amides is 1. The molecule has 1 unspecified atom stereocenters. The lowest BCUT2D eigenvalue weighted by atomic mass is 10.1. The van der Waals surface area contributed by atoms with Gasteiger partial charge in [0.05, 0.1) is 0 Å². The first-order valence-electron chi connectivity index (χ1n) is 5.63. The van der Waals surface area contributed by atoms with Crippen LogP contribution in [0.2, 0.25) is 0 Å². The second-order valence-corrected chi connectivity index (χ2v) is 4.58. The second kappa shape index (κ2) is 5.47. The van der Waals surface area contributed by atoms with Crippen LogP contribution in [-0.2, 0) is 9.53 Å². The van der Waals surface area contributed by atoms with Gasteiger partial charge >= 0.3 is 0 Å². The summed E-state index contributed by atoms with van der Waals surface area (Å²) in [6.07, 6.45) is 3.42. The fraction of sp³-hybridized carbons (Fsp3) is 0.909. The smallest absolute Gasteiger partial charge is 0.251 e. The summed E-state index contributed by atoms with van der Waals surface area (Å²) in [4.78, 5) is 11.8. The van der Waals surface area contributed by atoms with Crippen LogP contribution in [0.4, 0.5) is 0 Å². The Labute approximate surface area is 91.8 Å². The minimum atomic E-state index is -0.730. The van der Waals surface area contributed by atoms with Gasteiger partial charge in [-0.15, -0.1) is 0 Å². The van der Waals surface area contributed by atoms with Gasteiger partial charge in [0, 0.05) is 19.7 Å². The first-order valence-corrected chi connectivity index (χ1v) is 5.63. The number of nitrogens with one attached hydrogen (secondary N) is 2. The normalized spacial score (nSPS) is 23.3. The van der Waals surface area contributed by atoms with E-state index in [1.807, 2.05) is 0 Å². The van der Waals surface area contributed by atoms with Crippen LogP contribution in [0, 0.1) is 0 Å². The van der Waals surface area contributed by atoms with Crippen LogP contribution in [0.25, 0.3) is 0 Å². The van der Waals surface area contributed by atoms with Crippen molar-refractivity contribution in [3.63, 3.8) is 0 Å². The third-order valence-electron chi connectivity index (χ3n) is 2.94. The van der Waals surface area contributed by atoms with Crippen molar-refractivity contribution in [2.45, 2.75) is 44.8 Å². The SMILES string of the molecule is COC(C)(C)C(=O)NC1CCCCNC1. The Morgan fingerprint density at radius 1 is 1.47 bits per heavy atom. The maximum absolute atomic E-state index is 11.8. The minimum Gasteiger partial charge on any atom is -0.369 e. The van der Waals surface area contributed by atoms with Crippen molar-refractivity contribution in [2.24, 2.45) is 0 Å². The zero-order valence-electron chi connectivity index (χ0n) is 9.93. The molecule has 4 nitrogen and oxygen atoms in total. The van der Waals surface area contributed by atoms with E-state index in [1.54, 1.807) is 21.0 Å². The quantitative estimate of drug-likeness (QED) is 0.726. The highest BCUT2D eigenvalue weighted by molar-refractivity contribution is 5.84. The summed E-state index contributed by atoms with van der Waals surface area (Å²) in [5, 5.41) is 6.34. The molecule has 1 atom stereocenters. The number of methoxy groups -OCH3 is 1. The molecule has 2 N–H and O–H groups in total. The van der Waals surface area contributed by atoms with Crippen LogP contribution in [0.1, 0.15) is 33.1 Å².